The predicted molar refractivity (Wildman–Crippen MR) is 125 cm³/mol. The lowest BCUT2D eigenvalue weighted by Gasteiger charge is -2.09. The van der Waals surface area contributed by atoms with Crippen LogP contribution in [0.15, 0.2) is 41.3 Å². The second-order valence-electron chi connectivity index (χ2n) is 7.97. The maximum Gasteiger partial charge on any atom is 0.262 e. The Balaban J connectivity index is 1.54. The number of rotatable bonds is 4. The number of nitrogens with one attached hydrogen (secondary N) is 2. The van der Waals surface area contributed by atoms with E-state index in [4.69, 9.17) is 44.9 Å². The molecule has 1 aliphatic rings. The molecule has 2 N–H and O–H groups in total. The van der Waals surface area contributed by atoms with E-state index < -0.39 is 0 Å². The highest BCUT2D eigenvalue weighted by molar-refractivity contribution is 6.40. The SMILES string of the molecule is O=c1[nH]c(Cc2ccc3cn[nH]c3c2)nc2c1c(C1CC1)nn2-c1c(Cl)cc(Cl)cc1Cl. The van der Waals surface area contributed by atoms with Crippen LogP contribution in [-0.2, 0) is 6.42 Å². The largest absolute Gasteiger partial charge is 0.310 e. The van der Waals surface area contributed by atoms with Gasteiger partial charge in [0, 0.05) is 22.7 Å². The molecule has 3 aromatic heterocycles. The van der Waals surface area contributed by atoms with Gasteiger partial charge in [-0.15, -0.1) is 0 Å². The lowest BCUT2D eigenvalue weighted by molar-refractivity contribution is 0.845. The number of hydrogen-bond donors (Lipinski definition) is 2. The molecule has 3 heterocycles. The van der Waals surface area contributed by atoms with Crippen molar-refractivity contribution in [3.63, 3.8) is 0 Å². The van der Waals surface area contributed by atoms with Crippen LogP contribution in [0.1, 0.15) is 35.8 Å². The minimum atomic E-state index is -0.220. The molecule has 160 valence electrons. The van der Waals surface area contributed by atoms with Crippen molar-refractivity contribution in [3.05, 3.63) is 79.0 Å². The van der Waals surface area contributed by atoms with Gasteiger partial charge in [-0.1, -0.05) is 46.9 Å². The molecule has 0 spiro atoms. The van der Waals surface area contributed by atoms with E-state index in [1.807, 2.05) is 18.2 Å². The Kier molecular flexibility index (Phi) is 4.54. The van der Waals surface area contributed by atoms with Gasteiger partial charge in [-0.05, 0) is 36.6 Å². The van der Waals surface area contributed by atoms with Gasteiger partial charge < -0.3 is 4.98 Å². The minimum absolute atomic E-state index is 0.220. The van der Waals surface area contributed by atoms with Crippen molar-refractivity contribution in [2.24, 2.45) is 0 Å². The van der Waals surface area contributed by atoms with E-state index in [0.717, 1.165) is 35.0 Å². The lowest BCUT2D eigenvalue weighted by atomic mass is 10.1. The molecule has 0 atom stereocenters. The van der Waals surface area contributed by atoms with Crippen LogP contribution in [0.3, 0.4) is 0 Å². The Morgan fingerprint density at radius 1 is 1.09 bits per heavy atom. The molecule has 1 saturated carbocycles. The average molecular weight is 486 g/mol. The molecule has 0 radical (unpaired) electrons. The molecule has 0 unspecified atom stereocenters. The van der Waals surface area contributed by atoms with E-state index in [9.17, 15) is 4.79 Å². The summed E-state index contributed by atoms with van der Waals surface area (Å²) < 4.78 is 1.57. The molecule has 6 rings (SSSR count). The van der Waals surface area contributed by atoms with Gasteiger partial charge >= 0.3 is 0 Å². The Bertz CT molecular complexity index is 1560. The first-order valence-electron chi connectivity index (χ1n) is 10.1. The van der Waals surface area contributed by atoms with Crippen molar-refractivity contribution in [2.75, 3.05) is 0 Å². The van der Waals surface area contributed by atoms with Gasteiger partial charge in [0.05, 0.1) is 27.5 Å². The van der Waals surface area contributed by atoms with Crippen LogP contribution in [0, 0.1) is 0 Å². The van der Waals surface area contributed by atoms with Crippen LogP contribution in [0.25, 0.3) is 27.6 Å². The molecule has 10 heteroatoms. The Morgan fingerprint density at radius 3 is 2.62 bits per heavy atom. The van der Waals surface area contributed by atoms with Crippen molar-refractivity contribution >= 4 is 56.7 Å². The zero-order valence-electron chi connectivity index (χ0n) is 16.5. The third-order valence-corrected chi connectivity index (χ3v) is 6.44. The molecule has 1 fully saturated rings. The number of nitrogens with zero attached hydrogens (tertiary/aromatic N) is 4. The fourth-order valence-electron chi connectivity index (χ4n) is 4.00. The molecule has 0 aliphatic heterocycles. The van der Waals surface area contributed by atoms with Crippen LogP contribution in [-0.4, -0.2) is 29.9 Å². The van der Waals surface area contributed by atoms with Gasteiger partial charge in [0.2, 0.25) is 0 Å². The third-order valence-electron chi connectivity index (χ3n) is 5.65. The molecule has 1 aliphatic carbocycles. The lowest BCUT2D eigenvalue weighted by Crippen LogP contribution is -2.13. The van der Waals surface area contributed by atoms with Gasteiger partial charge in [-0.2, -0.15) is 10.2 Å². The Labute approximate surface area is 196 Å². The third kappa shape index (κ3) is 3.28. The molecule has 32 heavy (non-hydrogen) atoms. The van der Waals surface area contributed by atoms with Crippen molar-refractivity contribution in [1.82, 2.24) is 29.9 Å². The van der Waals surface area contributed by atoms with Crippen molar-refractivity contribution < 1.29 is 0 Å². The number of halogens is 3. The number of fused-ring (bicyclic) bond motifs is 2. The van der Waals surface area contributed by atoms with E-state index in [0.29, 0.717) is 44.0 Å². The van der Waals surface area contributed by atoms with Crippen molar-refractivity contribution in [1.29, 1.82) is 0 Å². The first-order chi connectivity index (χ1) is 15.5. The topological polar surface area (TPSA) is 92.2 Å². The van der Waals surface area contributed by atoms with Gasteiger partial charge in [0.15, 0.2) is 5.65 Å². The Hall–Kier alpha value is -2.87. The number of hydrogen-bond acceptors (Lipinski definition) is 4. The molecular weight excluding hydrogens is 471 g/mol. The Morgan fingerprint density at radius 2 is 1.88 bits per heavy atom. The number of H-pyrrole nitrogens is 2. The van der Waals surface area contributed by atoms with Crippen LogP contribution in [0.2, 0.25) is 15.1 Å². The number of aromatic nitrogens is 6. The molecule has 0 amide bonds. The summed E-state index contributed by atoms with van der Waals surface area (Å²) in [6.07, 6.45) is 4.17. The second kappa shape index (κ2) is 7.33. The van der Waals surface area contributed by atoms with Crippen molar-refractivity contribution in [2.45, 2.75) is 25.2 Å². The summed E-state index contributed by atoms with van der Waals surface area (Å²) in [5.41, 5.74) is 3.30. The standard InChI is InChI=1S/C22H15Cl3N6O/c23-13-7-14(24)20(15(25)8-13)31-21-18(19(30-31)11-3-4-11)22(32)28-17(27-21)6-10-1-2-12-9-26-29-16(12)5-10/h1-2,5,7-9,11H,3-4,6H2,(H,26,29)(H,27,28,32). The highest BCUT2D eigenvalue weighted by atomic mass is 35.5. The second-order valence-corrected chi connectivity index (χ2v) is 9.22. The minimum Gasteiger partial charge on any atom is -0.310 e. The first kappa shape index (κ1) is 19.8. The summed E-state index contributed by atoms with van der Waals surface area (Å²) >= 11 is 19.0. The zero-order valence-corrected chi connectivity index (χ0v) is 18.8. The molecule has 2 aromatic carbocycles. The van der Waals surface area contributed by atoms with Crippen LogP contribution in [0.5, 0.6) is 0 Å². The maximum atomic E-state index is 13.1. The van der Waals surface area contributed by atoms with E-state index >= 15 is 0 Å². The zero-order chi connectivity index (χ0) is 22.0. The summed E-state index contributed by atoms with van der Waals surface area (Å²) in [6.45, 7) is 0. The quantitative estimate of drug-likeness (QED) is 0.356. The summed E-state index contributed by atoms with van der Waals surface area (Å²) in [7, 11) is 0. The summed E-state index contributed by atoms with van der Waals surface area (Å²) in [6, 6.07) is 9.16. The van der Waals surface area contributed by atoms with E-state index in [1.165, 1.54) is 0 Å². The first-order valence-corrected chi connectivity index (χ1v) is 11.2. The molecule has 7 nitrogen and oxygen atoms in total. The number of benzene rings is 2. The van der Waals surface area contributed by atoms with Gasteiger partial charge in [0.25, 0.3) is 5.56 Å². The summed E-state index contributed by atoms with van der Waals surface area (Å²) in [5, 5.41) is 14.3. The normalized spacial score (nSPS) is 14.0. The van der Waals surface area contributed by atoms with Gasteiger partial charge in [0.1, 0.15) is 16.9 Å². The van der Waals surface area contributed by atoms with E-state index in [2.05, 4.69) is 15.2 Å². The van der Waals surface area contributed by atoms with Gasteiger partial charge in [-0.3, -0.25) is 9.89 Å². The smallest absolute Gasteiger partial charge is 0.262 e. The average Bonchev–Trinajstić information content (AvgIpc) is 3.35. The van der Waals surface area contributed by atoms with Crippen LogP contribution < -0.4 is 5.56 Å². The van der Waals surface area contributed by atoms with E-state index in [-0.39, 0.29) is 11.5 Å². The predicted octanol–water partition coefficient (Wildman–Crippen LogP) is 5.41. The van der Waals surface area contributed by atoms with E-state index in [1.54, 1.807) is 23.0 Å². The molecule has 5 aromatic rings. The molecule has 0 bridgehead atoms. The maximum absolute atomic E-state index is 13.1. The fraction of sp³-hybridized carbons (Fsp3) is 0.182. The fourth-order valence-corrected chi connectivity index (χ4v) is 4.98. The molecular formula is C22H15Cl3N6O. The van der Waals surface area contributed by atoms with Crippen LogP contribution >= 0.6 is 34.8 Å². The highest BCUT2D eigenvalue weighted by Crippen LogP contribution is 2.43. The van der Waals surface area contributed by atoms with Gasteiger partial charge in [-0.25, -0.2) is 9.67 Å². The van der Waals surface area contributed by atoms with Crippen LogP contribution in [0.4, 0.5) is 0 Å². The number of aromatic amines is 2. The monoisotopic (exact) mass is 484 g/mol. The summed E-state index contributed by atoms with van der Waals surface area (Å²) in [4.78, 5) is 20.8. The molecule has 0 saturated heterocycles. The van der Waals surface area contributed by atoms with Crippen molar-refractivity contribution in [3.8, 4) is 5.69 Å². The summed E-state index contributed by atoms with van der Waals surface area (Å²) in [5.74, 6) is 0.756. The highest BCUT2D eigenvalue weighted by Gasteiger charge is 2.32.